The molecule has 1 aliphatic heterocycles. The quantitative estimate of drug-likeness (QED) is 0.643. The molecule has 2 aromatic carbocycles. The second-order valence-electron chi connectivity index (χ2n) is 6.41. The second kappa shape index (κ2) is 8.60. The molecule has 1 aliphatic rings. The van der Waals surface area contributed by atoms with Gasteiger partial charge in [-0.25, -0.2) is 0 Å². The zero-order valence-electron chi connectivity index (χ0n) is 14.8. The van der Waals surface area contributed by atoms with Crippen LogP contribution in [0.15, 0.2) is 48.5 Å². The molecular formula is C20H24N4O2. The lowest BCUT2D eigenvalue weighted by Crippen LogP contribution is -2.28. The third kappa shape index (κ3) is 4.68. The predicted octanol–water partition coefficient (Wildman–Crippen LogP) is 2.29. The fourth-order valence-corrected chi connectivity index (χ4v) is 3.00. The molecule has 1 atom stereocenters. The molecule has 1 unspecified atom stereocenters. The van der Waals surface area contributed by atoms with Gasteiger partial charge in [0.05, 0.1) is 0 Å². The van der Waals surface area contributed by atoms with Crippen molar-refractivity contribution in [2.24, 2.45) is 0 Å². The van der Waals surface area contributed by atoms with Crippen molar-refractivity contribution in [3.05, 3.63) is 65.2 Å². The highest BCUT2D eigenvalue weighted by molar-refractivity contribution is 5.96. The van der Waals surface area contributed by atoms with E-state index in [1.54, 1.807) is 6.07 Å². The SMILES string of the molecule is Cc1ccccc1C(=O)NCCC(=O)Nc1cccc(C2CCNN2)c1. The van der Waals surface area contributed by atoms with Gasteiger partial charge in [-0.3, -0.25) is 20.4 Å². The smallest absolute Gasteiger partial charge is 0.251 e. The number of anilines is 1. The maximum Gasteiger partial charge on any atom is 0.251 e. The van der Waals surface area contributed by atoms with Gasteiger partial charge in [0.15, 0.2) is 0 Å². The fourth-order valence-electron chi connectivity index (χ4n) is 3.00. The van der Waals surface area contributed by atoms with E-state index in [4.69, 9.17) is 0 Å². The van der Waals surface area contributed by atoms with Crippen molar-refractivity contribution in [3.63, 3.8) is 0 Å². The molecule has 0 radical (unpaired) electrons. The summed E-state index contributed by atoms with van der Waals surface area (Å²) in [5, 5.41) is 5.69. The minimum Gasteiger partial charge on any atom is -0.352 e. The van der Waals surface area contributed by atoms with Crippen molar-refractivity contribution < 1.29 is 9.59 Å². The van der Waals surface area contributed by atoms with E-state index in [1.807, 2.05) is 49.4 Å². The molecule has 0 aliphatic carbocycles. The monoisotopic (exact) mass is 352 g/mol. The van der Waals surface area contributed by atoms with Crippen LogP contribution in [0.2, 0.25) is 0 Å². The lowest BCUT2D eigenvalue weighted by atomic mass is 10.0. The molecule has 2 aromatic rings. The Bertz CT molecular complexity index is 785. The topological polar surface area (TPSA) is 82.3 Å². The number of hydrogen-bond acceptors (Lipinski definition) is 4. The predicted molar refractivity (Wildman–Crippen MR) is 102 cm³/mol. The summed E-state index contributed by atoms with van der Waals surface area (Å²) in [5.74, 6) is -0.276. The first-order valence-electron chi connectivity index (χ1n) is 8.85. The third-order valence-electron chi connectivity index (χ3n) is 4.43. The molecule has 1 fully saturated rings. The highest BCUT2D eigenvalue weighted by Crippen LogP contribution is 2.21. The Labute approximate surface area is 153 Å². The van der Waals surface area contributed by atoms with Gasteiger partial charge < -0.3 is 10.6 Å². The number of aryl methyl sites for hydroxylation is 1. The molecule has 1 saturated heterocycles. The number of benzene rings is 2. The van der Waals surface area contributed by atoms with Crippen molar-refractivity contribution in [3.8, 4) is 0 Å². The van der Waals surface area contributed by atoms with Crippen LogP contribution in [-0.2, 0) is 4.79 Å². The van der Waals surface area contributed by atoms with Gasteiger partial charge in [0.25, 0.3) is 5.91 Å². The summed E-state index contributed by atoms with van der Waals surface area (Å²) in [7, 11) is 0. The molecule has 3 rings (SSSR count). The van der Waals surface area contributed by atoms with Gasteiger partial charge in [-0.15, -0.1) is 0 Å². The molecule has 0 saturated carbocycles. The number of nitrogens with one attached hydrogen (secondary N) is 4. The van der Waals surface area contributed by atoms with E-state index in [2.05, 4.69) is 21.5 Å². The Kier molecular flexibility index (Phi) is 5.99. The number of amides is 2. The molecule has 0 bridgehead atoms. The molecule has 2 amide bonds. The summed E-state index contributed by atoms with van der Waals surface area (Å²) in [5.41, 5.74) is 9.78. The van der Waals surface area contributed by atoms with Crippen molar-refractivity contribution in [1.29, 1.82) is 0 Å². The molecule has 0 spiro atoms. The maximum atomic E-state index is 12.1. The molecule has 0 aromatic heterocycles. The standard InChI is InChI=1S/C20H24N4O2/c1-14-5-2-3-8-17(14)20(26)21-11-10-19(25)23-16-7-4-6-15(13-16)18-9-12-22-24-18/h2-8,13,18,22,24H,9-12H2,1H3,(H,21,26)(H,23,25). The Morgan fingerprint density at radius 2 is 2.00 bits per heavy atom. The average Bonchev–Trinajstić information content (AvgIpc) is 3.17. The number of carbonyl (C=O) groups excluding carboxylic acids is 2. The molecular weight excluding hydrogens is 328 g/mol. The van der Waals surface area contributed by atoms with Gasteiger partial charge in [-0.05, 0) is 42.7 Å². The molecule has 6 heteroatoms. The molecule has 26 heavy (non-hydrogen) atoms. The summed E-state index contributed by atoms with van der Waals surface area (Å²) >= 11 is 0. The number of rotatable bonds is 6. The Hall–Kier alpha value is -2.70. The first kappa shape index (κ1) is 18.1. The van der Waals surface area contributed by atoms with Gasteiger partial charge in [0, 0.05) is 36.8 Å². The van der Waals surface area contributed by atoms with Crippen LogP contribution in [-0.4, -0.2) is 24.9 Å². The zero-order chi connectivity index (χ0) is 18.4. The van der Waals surface area contributed by atoms with Gasteiger partial charge >= 0.3 is 0 Å². The number of hydrogen-bond donors (Lipinski definition) is 4. The first-order valence-corrected chi connectivity index (χ1v) is 8.85. The Balaban J connectivity index is 1.48. The summed E-state index contributed by atoms with van der Waals surface area (Å²) < 4.78 is 0. The third-order valence-corrected chi connectivity index (χ3v) is 4.43. The van der Waals surface area contributed by atoms with Crippen molar-refractivity contribution >= 4 is 17.5 Å². The lowest BCUT2D eigenvalue weighted by molar-refractivity contribution is -0.116. The second-order valence-corrected chi connectivity index (χ2v) is 6.41. The first-order chi connectivity index (χ1) is 12.6. The van der Waals surface area contributed by atoms with Crippen molar-refractivity contribution in [2.45, 2.75) is 25.8 Å². The van der Waals surface area contributed by atoms with Crippen LogP contribution in [0.5, 0.6) is 0 Å². The van der Waals surface area contributed by atoms with Crippen molar-refractivity contribution in [2.75, 3.05) is 18.4 Å². The van der Waals surface area contributed by atoms with Crippen LogP contribution in [0.25, 0.3) is 0 Å². The van der Waals surface area contributed by atoms with Gasteiger partial charge in [0.2, 0.25) is 5.91 Å². The summed E-state index contributed by atoms with van der Waals surface area (Å²) in [6, 6.07) is 15.5. The number of hydrazine groups is 1. The number of carbonyl (C=O) groups is 2. The van der Waals surface area contributed by atoms with E-state index in [0.717, 1.165) is 29.8 Å². The van der Waals surface area contributed by atoms with Crippen LogP contribution in [0.3, 0.4) is 0 Å². The summed E-state index contributed by atoms with van der Waals surface area (Å²) in [4.78, 5) is 24.3. The van der Waals surface area contributed by atoms with Gasteiger partial charge in [0.1, 0.15) is 0 Å². The van der Waals surface area contributed by atoms with Crippen LogP contribution in [0, 0.1) is 6.92 Å². The van der Waals surface area contributed by atoms with E-state index < -0.39 is 0 Å². The molecule has 6 nitrogen and oxygen atoms in total. The van der Waals surface area contributed by atoms with E-state index in [-0.39, 0.29) is 24.3 Å². The summed E-state index contributed by atoms with van der Waals surface area (Å²) in [6.45, 7) is 3.12. The van der Waals surface area contributed by atoms with E-state index in [1.165, 1.54) is 0 Å². The fraction of sp³-hybridized carbons (Fsp3) is 0.300. The van der Waals surface area contributed by atoms with Crippen LogP contribution in [0.1, 0.15) is 40.4 Å². The van der Waals surface area contributed by atoms with E-state index in [0.29, 0.717) is 12.1 Å². The van der Waals surface area contributed by atoms with Crippen molar-refractivity contribution in [1.82, 2.24) is 16.2 Å². The molecule has 4 N–H and O–H groups in total. The zero-order valence-corrected chi connectivity index (χ0v) is 14.8. The minimum absolute atomic E-state index is 0.121. The lowest BCUT2D eigenvalue weighted by Gasteiger charge is -2.12. The van der Waals surface area contributed by atoms with Crippen LogP contribution in [0.4, 0.5) is 5.69 Å². The Morgan fingerprint density at radius 3 is 2.77 bits per heavy atom. The van der Waals surface area contributed by atoms with Crippen LogP contribution < -0.4 is 21.5 Å². The van der Waals surface area contributed by atoms with E-state index in [9.17, 15) is 9.59 Å². The highest BCUT2D eigenvalue weighted by Gasteiger charge is 2.16. The average molecular weight is 352 g/mol. The summed E-state index contributed by atoms with van der Waals surface area (Å²) in [6.07, 6.45) is 1.24. The molecule has 136 valence electrons. The maximum absolute atomic E-state index is 12.1. The largest absolute Gasteiger partial charge is 0.352 e. The molecule has 1 heterocycles. The minimum atomic E-state index is -0.155. The normalized spacial score (nSPS) is 16.3. The Morgan fingerprint density at radius 1 is 1.15 bits per heavy atom. The highest BCUT2D eigenvalue weighted by atomic mass is 16.2. The van der Waals surface area contributed by atoms with Gasteiger partial charge in [-0.1, -0.05) is 30.3 Å². The van der Waals surface area contributed by atoms with E-state index >= 15 is 0 Å². The van der Waals surface area contributed by atoms with Crippen LogP contribution >= 0.6 is 0 Å². The van der Waals surface area contributed by atoms with Gasteiger partial charge in [-0.2, -0.15) is 0 Å².